The van der Waals surface area contributed by atoms with E-state index >= 15 is 0 Å². The van der Waals surface area contributed by atoms with Crippen molar-refractivity contribution in [2.75, 3.05) is 16.4 Å². The van der Waals surface area contributed by atoms with Gasteiger partial charge in [-0.05, 0) is 42.1 Å². The molecule has 1 aliphatic rings. The number of anilines is 2. The minimum Gasteiger partial charge on any atom is -0.371 e. The average molecular weight is 470 g/mol. The number of amides is 2. The van der Waals surface area contributed by atoms with Crippen LogP contribution >= 0.6 is 11.3 Å². The Balaban J connectivity index is 1.42. The highest BCUT2D eigenvalue weighted by atomic mass is 32.2. The van der Waals surface area contributed by atoms with E-state index in [0.717, 1.165) is 10.4 Å². The molecule has 4 rings (SSSR count). The lowest BCUT2D eigenvalue weighted by Crippen LogP contribution is -2.43. The minimum atomic E-state index is -3.52. The fraction of sp³-hybridized carbons (Fsp3) is 0.217. The van der Waals surface area contributed by atoms with E-state index in [4.69, 9.17) is 0 Å². The second-order valence-electron chi connectivity index (χ2n) is 7.75. The smallest absolute Gasteiger partial charge is 0.251 e. The SMILES string of the molecule is Cc1cccc(CS(=O)(=O)C[C@@H]2Nc3ccc(C(=O)NCc4cccs4)cc3NC2=O)c1. The molecule has 7 nitrogen and oxygen atoms in total. The van der Waals surface area contributed by atoms with E-state index in [1.165, 1.54) is 0 Å². The van der Waals surface area contributed by atoms with Gasteiger partial charge in [0.25, 0.3) is 5.91 Å². The summed E-state index contributed by atoms with van der Waals surface area (Å²) < 4.78 is 25.4. The molecule has 0 radical (unpaired) electrons. The number of hydrogen-bond acceptors (Lipinski definition) is 6. The summed E-state index contributed by atoms with van der Waals surface area (Å²) in [6.07, 6.45) is 0. The lowest BCUT2D eigenvalue weighted by atomic mass is 10.1. The summed E-state index contributed by atoms with van der Waals surface area (Å²) in [4.78, 5) is 26.0. The molecule has 3 aromatic rings. The number of thiophene rings is 1. The maximum Gasteiger partial charge on any atom is 0.251 e. The Kier molecular flexibility index (Phi) is 6.29. The molecule has 1 atom stereocenters. The Labute approximate surface area is 190 Å². The number of carbonyl (C=O) groups is 2. The number of hydrogen-bond donors (Lipinski definition) is 3. The maximum atomic E-state index is 12.7. The molecule has 32 heavy (non-hydrogen) atoms. The summed E-state index contributed by atoms with van der Waals surface area (Å²) in [7, 11) is -3.52. The van der Waals surface area contributed by atoms with Gasteiger partial charge in [-0.25, -0.2) is 8.42 Å². The molecule has 1 aliphatic heterocycles. The number of fused-ring (bicyclic) bond motifs is 1. The molecule has 3 N–H and O–H groups in total. The van der Waals surface area contributed by atoms with Crippen LogP contribution < -0.4 is 16.0 Å². The van der Waals surface area contributed by atoms with E-state index in [9.17, 15) is 18.0 Å². The molecular weight excluding hydrogens is 446 g/mol. The van der Waals surface area contributed by atoms with E-state index in [1.54, 1.807) is 35.6 Å². The highest BCUT2D eigenvalue weighted by Gasteiger charge is 2.30. The van der Waals surface area contributed by atoms with Gasteiger partial charge in [0.15, 0.2) is 9.84 Å². The van der Waals surface area contributed by atoms with Gasteiger partial charge in [-0.15, -0.1) is 11.3 Å². The van der Waals surface area contributed by atoms with E-state index in [0.29, 0.717) is 29.0 Å². The molecule has 1 aromatic heterocycles. The largest absolute Gasteiger partial charge is 0.371 e. The van der Waals surface area contributed by atoms with Crippen molar-refractivity contribution < 1.29 is 18.0 Å². The topological polar surface area (TPSA) is 104 Å². The molecule has 0 unspecified atom stereocenters. The lowest BCUT2D eigenvalue weighted by molar-refractivity contribution is -0.116. The summed E-state index contributed by atoms with van der Waals surface area (Å²) >= 11 is 1.56. The van der Waals surface area contributed by atoms with Crippen LogP contribution in [-0.4, -0.2) is 32.0 Å². The van der Waals surface area contributed by atoms with Crippen molar-refractivity contribution >= 4 is 44.4 Å². The van der Waals surface area contributed by atoms with Crippen molar-refractivity contribution in [1.82, 2.24) is 5.32 Å². The number of sulfone groups is 1. The molecule has 0 aliphatic carbocycles. The zero-order valence-corrected chi connectivity index (χ0v) is 19.1. The molecule has 2 heterocycles. The number of rotatable bonds is 7. The lowest BCUT2D eigenvalue weighted by Gasteiger charge is -2.27. The molecule has 0 fully saturated rings. The zero-order valence-electron chi connectivity index (χ0n) is 17.4. The third-order valence-corrected chi connectivity index (χ3v) is 7.57. The van der Waals surface area contributed by atoms with Crippen LogP contribution in [0.2, 0.25) is 0 Å². The quantitative estimate of drug-likeness (QED) is 0.492. The van der Waals surface area contributed by atoms with Gasteiger partial charge in [0.1, 0.15) is 6.04 Å². The molecule has 0 bridgehead atoms. The monoisotopic (exact) mass is 469 g/mol. The van der Waals surface area contributed by atoms with Gasteiger partial charge in [-0.2, -0.15) is 0 Å². The van der Waals surface area contributed by atoms with E-state index in [2.05, 4.69) is 16.0 Å². The van der Waals surface area contributed by atoms with Crippen molar-refractivity contribution in [1.29, 1.82) is 0 Å². The number of nitrogens with one attached hydrogen (secondary N) is 3. The second-order valence-corrected chi connectivity index (χ2v) is 10.9. The maximum absolute atomic E-state index is 12.7. The van der Waals surface area contributed by atoms with Gasteiger partial charge in [0, 0.05) is 10.4 Å². The first-order valence-corrected chi connectivity index (χ1v) is 12.8. The van der Waals surface area contributed by atoms with Gasteiger partial charge < -0.3 is 16.0 Å². The van der Waals surface area contributed by atoms with Gasteiger partial charge >= 0.3 is 0 Å². The predicted molar refractivity (Wildman–Crippen MR) is 127 cm³/mol. The average Bonchev–Trinajstić information content (AvgIpc) is 3.25. The molecular formula is C23H23N3O4S2. The molecule has 2 amide bonds. The van der Waals surface area contributed by atoms with Crippen molar-refractivity contribution in [3.05, 3.63) is 81.5 Å². The standard InChI is InChI=1S/C23H23N3O4S2/c1-15-4-2-5-16(10-15)13-32(29,30)14-21-23(28)26-20-11-17(7-8-19(20)25-21)22(27)24-12-18-6-3-9-31-18/h2-11,21,25H,12-14H2,1H3,(H,24,27)(H,26,28)/t21-/m0/s1. The molecule has 166 valence electrons. The fourth-order valence-corrected chi connectivity index (χ4v) is 5.75. The predicted octanol–water partition coefficient (Wildman–Crippen LogP) is 3.33. The Bertz CT molecular complexity index is 1250. The third-order valence-electron chi connectivity index (χ3n) is 5.08. The van der Waals surface area contributed by atoms with Crippen LogP contribution in [0.15, 0.2) is 60.0 Å². The normalized spacial score (nSPS) is 15.4. The number of aryl methyl sites for hydroxylation is 1. The molecule has 0 saturated heterocycles. The molecule has 0 spiro atoms. The van der Waals surface area contributed by atoms with Gasteiger partial charge in [-0.3, -0.25) is 9.59 Å². The van der Waals surface area contributed by atoms with Gasteiger partial charge in [-0.1, -0.05) is 35.9 Å². The second kappa shape index (κ2) is 9.13. The van der Waals surface area contributed by atoms with E-state index in [-0.39, 0.29) is 17.4 Å². The Morgan fingerprint density at radius 1 is 1.09 bits per heavy atom. The van der Waals surface area contributed by atoms with Crippen LogP contribution in [0.25, 0.3) is 0 Å². The van der Waals surface area contributed by atoms with Crippen LogP contribution in [0.3, 0.4) is 0 Å². The summed E-state index contributed by atoms with van der Waals surface area (Å²) in [6.45, 7) is 2.33. The number of carbonyl (C=O) groups excluding carboxylic acids is 2. The third kappa shape index (κ3) is 5.35. The van der Waals surface area contributed by atoms with E-state index in [1.807, 2.05) is 42.6 Å². The van der Waals surface area contributed by atoms with Crippen molar-refractivity contribution in [3.63, 3.8) is 0 Å². The van der Waals surface area contributed by atoms with Crippen molar-refractivity contribution in [3.8, 4) is 0 Å². The summed E-state index contributed by atoms with van der Waals surface area (Å²) in [5.41, 5.74) is 3.12. The highest BCUT2D eigenvalue weighted by molar-refractivity contribution is 7.90. The summed E-state index contributed by atoms with van der Waals surface area (Å²) in [5.74, 6) is -1.15. The zero-order chi connectivity index (χ0) is 22.7. The minimum absolute atomic E-state index is 0.129. The molecule has 9 heteroatoms. The molecule has 0 saturated carbocycles. The van der Waals surface area contributed by atoms with Crippen LogP contribution in [-0.2, 0) is 26.9 Å². The van der Waals surface area contributed by atoms with Crippen LogP contribution in [0, 0.1) is 6.92 Å². The number of benzene rings is 2. The Morgan fingerprint density at radius 3 is 2.69 bits per heavy atom. The van der Waals surface area contributed by atoms with Crippen molar-refractivity contribution in [2.24, 2.45) is 0 Å². The van der Waals surface area contributed by atoms with Crippen LogP contribution in [0.4, 0.5) is 11.4 Å². The van der Waals surface area contributed by atoms with E-state index < -0.39 is 21.8 Å². The van der Waals surface area contributed by atoms with Gasteiger partial charge in [0.05, 0.1) is 29.4 Å². The first kappa shape index (κ1) is 22.0. The molecule has 2 aromatic carbocycles. The Hall–Kier alpha value is -3.17. The Morgan fingerprint density at radius 2 is 1.94 bits per heavy atom. The van der Waals surface area contributed by atoms with Crippen molar-refractivity contribution in [2.45, 2.75) is 25.3 Å². The van der Waals surface area contributed by atoms with Gasteiger partial charge in [0.2, 0.25) is 5.91 Å². The van der Waals surface area contributed by atoms with Crippen LogP contribution in [0.5, 0.6) is 0 Å². The summed E-state index contributed by atoms with van der Waals surface area (Å²) in [6, 6.07) is 15.2. The fourth-order valence-electron chi connectivity index (χ4n) is 3.56. The first-order valence-electron chi connectivity index (χ1n) is 10.1. The van der Waals surface area contributed by atoms with Crippen LogP contribution in [0.1, 0.15) is 26.4 Å². The summed E-state index contributed by atoms with van der Waals surface area (Å²) in [5, 5.41) is 10.5. The first-order chi connectivity index (χ1) is 15.3. The highest BCUT2D eigenvalue weighted by Crippen LogP contribution is 2.28.